The van der Waals surface area contributed by atoms with Gasteiger partial charge in [-0.15, -0.1) is 0 Å². The molecule has 0 bridgehead atoms. The maximum atomic E-state index is 12.5. The number of rotatable bonds is 3. The second kappa shape index (κ2) is 6.61. The molecule has 2 aliphatic rings. The van der Waals surface area contributed by atoms with Crippen molar-refractivity contribution in [1.82, 2.24) is 4.90 Å². The van der Waals surface area contributed by atoms with Gasteiger partial charge in [-0.1, -0.05) is 0 Å². The molecular weight excluding hydrogens is 264 g/mol. The van der Waals surface area contributed by atoms with Crippen molar-refractivity contribution in [3.63, 3.8) is 0 Å². The van der Waals surface area contributed by atoms with Crippen LogP contribution in [0.15, 0.2) is 0 Å². The van der Waals surface area contributed by atoms with Gasteiger partial charge in [0.05, 0.1) is 0 Å². The molecule has 0 aromatic heterocycles. The Bertz CT molecular complexity index is 343. The predicted molar refractivity (Wildman–Crippen MR) is 75.0 cm³/mol. The largest absolute Gasteiger partial charge is 0.480 e. The van der Waals surface area contributed by atoms with E-state index in [2.05, 4.69) is 0 Å². The van der Waals surface area contributed by atoms with Crippen LogP contribution in [0.5, 0.6) is 0 Å². The quantitative estimate of drug-likeness (QED) is 0.801. The lowest BCUT2D eigenvalue weighted by Gasteiger charge is -2.37. The molecule has 0 aromatic carbocycles. The van der Waals surface area contributed by atoms with Gasteiger partial charge in [-0.2, -0.15) is 11.8 Å². The minimum Gasteiger partial charge on any atom is -0.480 e. The standard InChI is InChI=1S/C13H22N2O3S/c14-7-9-1-3-10(4-2-9)12(16)15-5-6-19-8-11(15)13(17)18/h9-11H,1-8,14H2,(H,17,18). The zero-order valence-electron chi connectivity index (χ0n) is 11.1. The average molecular weight is 286 g/mol. The van der Waals surface area contributed by atoms with Crippen LogP contribution in [0.1, 0.15) is 25.7 Å². The number of nitrogens with zero attached hydrogens (tertiary/aromatic N) is 1. The third-order valence-electron chi connectivity index (χ3n) is 4.23. The second-order valence-electron chi connectivity index (χ2n) is 5.41. The summed E-state index contributed by atoms with van der Waals surface area (Å²) in [5, 5.41) is 9.21. The van der Waals surface area contributed by atoms with Crippen LogP contribution in [0.2, 0.25) is 0 Å². The number of hydrogen-bond donors (Lipinski definition) is 2. The Kier molecular flexibility index (Phi) is 5.10. The number of hydrogen-bond acceptors (Lipinski definition) is 4. The van der Waals surface area contributed by atoms with Gasteiger partial charge in [0.25, 0.3) is 0 Å². The van der Waals surface area contributed by atoms with Gasteiger partial charge in [0.2, 0.25) is 5.91 Å². The Morgan fingerprint density at radius 2 is 1.95 bits per heavy atom. The lowest BCUT2D eigenvalue weighted by Crippen LogP contribution is -2.52. The van der Waals surface area contributed by atoms with E-state index in [1.54, 1.807) is 16.7 Å². The van der Waals surface area contributed by atoms with E-state index in [1.807, 2.05) is 0 Å². The molecule has 1 aliphatic heterocycles. The normalized spacial score (nSPS) is 32.1. The van der Waals surface area contributed by atoms with Crippen LogP contribution in [-0.2, 0) is 9.59 Å². The molecule has 1 saturated heterocycles. The molecule has 0 aromatic rings. The van der Waals surface area contributed by atoms with Crippen molar-refractivity contribution in [3.05, 3.63) is 0 Å². The number of carboxylic acids is 1. The van der Waals surface area contributed by atoms with Crippen molar-refractivity contribution in [3.8, 4) is 0 Å². The Labute approximate surface area is 117 Å². The van der Waals surface area contributed by atoms with Gasteiger partial charge in [0, 0.05) is 24.0 Å². The van der Waals surface area contributed by atoms with E-state index in [0.29, 0.717) is 24.8 Å². The molecule has 1 amide bonds. The van der Waals surface area contributed by atoms with Gasteiger partial charge in [0.15, 0.2) is 0 Å². The van der Waals surface area contributed by atoms with Crippen LogP contribution in [0, 0.1) is 11.8 Å². The first-order chi connectivity index (χ1) is 9.13. The van der Waals surface area contributed by atoms with Crippen molar-refractivity contribution >= 4 is 23.6 Å². The number of carboxylic acid groups (broad SMARTS) is 1. The molecular formula is C13H22N2O3S. The van der Waals surface area contributed by atoms with E-state index in [0.717, 1.165) is 31.4 Å². The molecule has 19 heavy (non-hydrogen) atoms. The zero-order valence-corrected chi connectivity index (χ0v) is 11.9. The molecule has 0 radical (unpaired) electrons. The summed E-state index contributed by atoms with van der Waals surface area (Å²) in [7, 11) is 0. The number of thioether (sulfide) groups is 1. The number of nitrogens with two attached hydrogens (primary N) is 1. The molecule has 1 saturated carbocycles. The van der Waals surface area contributed by atoms with Crippen molar-refractivity contribution < 1.29 is 14.7 Å². The molecule has 1 atom stereocenters. The summed E-state index contributed by atoms with van der Waals surface area (Å²) in [5.74, 6) is 1.07. The fourth-order valence-corrected chi connectivity index (χ4v) is 3.99. The second-order valence-corrected chi connectivity index (χ2v) is 6.56. The van der Waals surface area contributed by atoms with E-state index in [4.69, 9.17) is 5.73 Å². The smallest absolute Gasteiger partial charge is 0.327 e. The Hall–Kier alpha value is -0.750. The van der Waals surface area contributed by atoms with Crippen molar-refractivity contribution in [1.29, 1.82) is 0 Å². The van der Waals surface area contributed by atoms with E-state index in [9.17, 15) is 14.7 Å². The summed E-state index contributed by atoms with van der Waals surface area (Å²) in [6, 6.07) is -0.640. The molecule has 1 aliphatic carbocycles. The van der Waals surface area contributed by atoms with Crippen molar-refractivity contribution in [2.24, 2.45) is 17.6 Å². The predicted octanol–water partition coefficient (Wildman–Crippen LogP) is 0.780. The first-order valence-corrected chi connectivity index (χ1v) is 8.10. The van der Waals surface area contributed by atoms with E-state index in [1.165, 1.54) is 0 Å². The van der Waals surface area contributed by atoms with Crippen LogP contribution < -0.4 is 5.73 Å². The highest BCUT2D eigenvalue weighted by Gasteiger charge is 2.36. The summed E-state index contributed by atoms with van der Waals surface area (Å²) in [5.41, 5.74) is 5.65. The summed E-state index contributed by atoms with van der Waals surface area (Å²) in [6.07, 6.45) is 3.70. The van der Waals surface area contributed by atoms with Crippen LogP contribution in [0.25, 0.3) is 0 Å². The Morgan fingerprint density at radius 1 is 1.26 bits per heavy atom. The lowest BCUT2D eigenvalue weighted by atomic mass is 9.81. The molecule has 1 unspecified atom stereocenters. The van der Waals surface area contributed by atoms with E-state index >= 15 is 0 Å². The maximum Gasteiger partial charge on any atom is 0.327 e. The Balaban J connectivity index is 1.96. The van der Waals surface area contributed by atoms with Crippen LogP contribution >= 0.6 is 11.8 Å². The summed E-state index contributed by atoms with van der Waals surface area (Å²) in [6.45, 7) is 1.26. The molecule has 2 fully saturated rings. The number of aliphatic carboxylic acids is 1. The van der Waals surface area contributed by atoms with Crippen molar-refractivity contribution in [2.45, 2.75) is 31.7 Å². The Morgan fingerprint density at radius 3 is 2.53 bits per heavy atom. The fraction of sp³-hybridized carbons (Fsp3) is 0.846. The van der Waals surface area contributed by atoms with Crippen LogP contribution in [-0.4, -0.2) is 52.5 Å². The average Bonchev–Trinajstić information content (AvgIpc) is 2.46. The summed E-state index contributed by atoms with van der Waals surface area (Å²) >= 11 is 1.61. The first kappa shape index (κ1) is 14.7. The number of carbonyl (C=O) groups excluding carboxylic acids is 1. The van der Waals surface area contributed by atoms with E-state index in [-0.39, 0.29) is 11.8 Å². The highest BCUT2D eigenvalue weighted by Crippen LogP contribution is 2.31. The minimum atomic E-state index is -0.879. The third-order valence-corrected chi connectivity index (χ3v) is 5.25. The van der Waals surface area contributed by atoms with Gasteiger partial charge in [-0.25, -0.2) is 4.79 Å². The maximum absolute atomic E-state index is 12.5. The topological polar surface area (TPSA) is 83.6 Å². The summed E-state index contributed by atoms with van der Waals surface area (Å²) in [4.78, 5) is 25.3. The molecule has 1 heterocycles. The molecule has 5 nitrogen and oxygen atoms in total. The highest BCUT2D eigenvalue weighted by molar-refractivity contribution is 7.99. The van der Waals surface area contributed by atoms with Gasteiger partial charge in [-0.05, 0) is 38.1 Å². The first-order valence-electron chi connectivity index (χ1n) is 6.94. The molecule has 0 spiro atoms. The molecule has 3 N–H and O–H groups in total. The van der Waals surface area contributed by atoms with Crippen LogP contribution in [0.4, 0.5) is 0 Å². The molecule has 2 rings (SSSR count). The molecule has 6 heteroatoms. The van der Waals surface area contributed by atoms with Gasteiger partial charge in [-0.3, -0.25) is 4.79 Å². The third kappa shape index (κ3) is 3.42. The van der Waals surface area contributed by atoms with Crippen LogP contribution in [0.3, 0.4) is 0 Å². The number of amides is 1. The lowest BCUT2D eigenvalue weighted by molar-refractivity contribution is -0.151. The molecule has 108 valence electrons. The minimum absolute atomic E-state index is 0.00718. The zero-order chi connectivity index (χ0) is 13.8. The SMILES string of the molecule is NCC1CCC(C(=O)N2CCSCC2C(=O)O)CC1. The monoisotopic (exact) mass is 286 g/mol. The van der Waals surface area contributed by atoms with E-state index < -0.39 is 12.0 Å². The van der Waals surface area contributed by atoms with Gasteiger partial charge in [0.1, 0.15) is 6.04 Å². The highest BCUT2D eigenvalue weighted by atomic mass is 32.2. The van der Waals surface area contributed by atoms with Gasteiger partial charge < -0.3 is 15.7 Å². The van der Waals surface area contributed by atoms with Gasteiger partial charge >= 0.3 is 5.97 Å². The number of carbonyl (C=O) groups is 2. The van der Waals surface area contributed by atoms with Crippen molar-refractivity contribution in [2.75, 3.05) is 24.6 Å². The fourth-order valence-electron chi connectivity index (χ4n) is 2.95. The summed E-state index contributed by atoms with van der Waals surface area (Å²) < 4.78 is 0.